The van der Waals surface area contributed by atoms with Crippen LogP contribution in [0.3, 0.4) is 0 Å². The highest BCUT2D eigenvalue weighted by Crippen LogP contribution is 2.33. The average Bonchev–Trinajstić information content (AvgIpc) is 2.43. The first kappa shape index (κ1) is 14.2. The summed E-state index contributed by atoms with van der Waals surface area (Å²) in [7, 11) is 0. The SMILES string of the molecule is CSCCCOc1c([C@@H](C)N)ccc2ccccc12. The summed E-state index contributed by atoms with van der Waals surface area (Å²) in [6.07, 6.45) is 3.17. The van der Waals surface area contributed by atoms with E-state index < -0.39 is 0 Å². The van der Waals surface area contributed by atoms with Crippen molar-refractivity contribution in [1.29, 1.82) is 0 Å². The first-order valence-electron chi connectivity index (χ1n) is 6.63. The van der Waals surface area contributed by atoms with Crippen LogP contribution in [0.2, 0.25) is 0 Å². The predicted molar refractivity (Wildman–Crippen MR) is 85.0 cm³/mol. The van der Waals surface area contributed by atoms with E-state index in [0.717, 1.165) is 35.5 Å². The molecule has 2 aromatic rings. The summed E-state index contributed by atoms with van der Waals surface area (Å²) in [6.45, 7) is 2.74. The molecule has 0 amide bonds. The molecular formula is C16H21NOS. The molecule has 0 saturated heterocycles. The molecule has 2 rings (SSSR count). The lowest BCUT2D eigenvalue weighted by molar-refractivity contribution is 0.318. The zero-order valence-corrected chi connectivity index (χ0v) is 12.4. The number of ether oxygens (including phenoxy) is 1. The van der Waals surface area contributed by atoms with Gasteiger partial charge in [-0.3, -0.25) is 0 Å². The van der Waals surface area contributed by atoms with Crippen molar-refractivity contribution in [2.24, 2.45) is 5.73 Å². The van der Waals surface area contributed by atoms with Gasteiger partial charge < -0.3 is 10.5 Å². The summed E-state index contributed by atoms with van der Waals surface area (Å²) in [4.78, 5) is 0. The highest BCUT2D eigenvalue weighted by Gasteiger charge is 2.11. The van der Waals surface area contributed by atoms with Gasteiger partial charge in [-0.05, 0) is 30.7 Å². The Hall–Kier alpha value is -1.19. The molecule has 0 fully saturated rings. The standard InChI is InChI=1S/C16H21NOS/c1-12(17)14-9-8-13-6-3-4-7-15(13)16(14)18-10-5-11-19-2/h3-4,6-9,12H,5,10-11,17H2,1-2H3/t12-/m1/s1. The number of fused-ring (bicyclic) bond motifs is 1. The highest BCUT2D eigenvalue weighted by molar-refractivity contribution is 7.98. The van der Waals surface area contributed by atoms with Gasteiger partial charge in [-0.15, -0.1) is 0 Å². The van der Waals surface area contributed by atoms with Crippen LogP contribution >= 0.6 is 11.8 Å². The van der Waals surface area contributed by atoms with Crippen molar-refractivity contribution in [3.8, 4) is 5.75 Å². The van der Waals surface area contributed by atoms with E-state index in [2.05, 4.69) is 30.5 Å². The van der Waals surface area contributed by atoms with E-state index in [4.69, 9.17) is 10.5 Å². The molecular weight excluding hydrogens is 254 g/mol. The Morgan fingerprint density at radius 3 is 2.74 bits per heavy atom. The van der Waals surface area contributed by atoms with Gasteiger partial charge in [0.1, 0.15) is 5.75 Å². The third kappa shape index (κ3) is 3.43. The lowest BCUT2D eigenvalue weighted by atomic mass is 10.0. The van der Waals surface area contributed by atoms with Gasteiger partial charge in [-0.25, -0.2) is 0 Å². The van der Waals surface area contributed by atoms with Crippen molar-refractivity contribution in [3.05, 3.63) is 42.0 Å². The third-order valence-corrected chi connectivity index (χ3v) is 3.84. The third-order valence-electron chi connectivity index (χ3n) is 3.14. The number of hydrogen-bond donors (Lipinski definition) is 1. The summed E-state index contributed by atoms with van der Waals surface area (Å²) < 4.78 is 6.02. The van der Waals surface area contributed by atoms with Crippen molar-refractivity contribution in [2.45, 2.75) is 19.4 Å². The summed E-state index contributed by atoms with van der Waals surface area (Å²) in [5, 5.41) is 2.35. The first-order chi connectivity index (χ1) is 9.24. The second-order valence-corrected chi connectivity index (χ2v) is 5.67. The van der Waals surface area contributed by atoms with E-state index >= 15 is 0 Å². The molecule has 0 bridgehead atoms. The van der Waals surface area contributed by atoms with Gasteiger partial charge in [0, 0.05) is 17.0 Å². The fourth-order valence-corrected chi connectivity index (χ4v) is 2.56. The maximum absolute atomic E-state index is 6.05. The fourth-order valence-electron chi connectivity index (χ4n) is 2.16. The molecule has 0 aliphatic rings. The fraction of sp³-hybridized carbons (Fsp3) is 0.375. The van der Waals surface area contributed by atoms with Crippen LogP contribution in [0, 0.1) is 0 Å². The molecule has 0 radical (unpaired) electrons. The van der Waals surface area contributed by atoms with Crippen molar-refractivity contribution < 1.29 is 4.74 Å². The smallest absolute Gasteiger partial charge is 0.131 e. The Morgan fingerprint density at radius 1 is 1.21 bits per heavy atom. The molecule has 1 atom stereocenters. The largest absolute Gasteiger partial charge is 0.493 e. The second-order valence-electron chi connectivity index (χ2n) is 4.69. The number of benzene rings is 2. The van der Waals surface area contributed by atoms with Crippen LogP contribution in [-0.2, 0) is 0 Å². The minimum atomic E-state index is -0.0137. The van der Waals surface area contributed by atoms with Crippen LogP contribution in [0.25, 0.3) is 10.8 Å². The molecule has 2 nitrogen and oxygen atoms in total. The Labute approximate surface area is 119 Å². The maximum atomic E-state index is 6.05. The zero-order valence-electron chi connectivity index (χ0n) is 11.6. The lowest BCUT2D eigenvalue weighted by Gasteiger charge is -2.16. The molecule has 19 heavy (non-hydrogen) atoms. The minimum Gasteiger partial charge on any atom is -0.493 e. The van der Waals surface area contributed by atoms with Crippen LogP contribution in [0.4, 0.5) is 0 Å². The maximum Gasteiger partial charge on any atom is 0.131 e. The summed E-state index contributed by atoms with van der Waals surface area (Å²) in [5.41, 5.74) is 7.14. The quantitative estimate of drug-likeness (QED) is 0.810. The molecule has 0 aliphatic heterocycles. The zero-order chi connectivity index (χ0) is 13.7. The highest BCUT2D eigenvalue weighted by atomic mass is 32.2. The minimum absolute atomic E-state index is 0.0137. The van der Waals surface area contributed by atoms with Gasteiger partial charge in [0.2, 0.25) is 0 Å². The molecule has 2 N–H and O–H groups in total. The van der Waals surface area contributed by atoms with E-state index in [1.165, 1.54) is 5.39 Å². The topological polar surface area (TPSA) is 35.2 Å². The number of rotatable bonds is 6. The van der Waals surface area contributed by atoms with E-state index in [1.54, 1.807) is 0 Å². The number of nitrogens with two attached hydrogens (primary N) is 1. The molecule has 2 aromatic carbocycles. The van der Waals surface area contributed by atoms with Gasteiger partial charge in [0.25, 0.3) is 0 Å². The van der Waals surface area contributed by atoms with E-state index in [-0.39, 0.29) is 6.04 Å². The molecule has 0 heterocycles. The summed E-state index contributed by atoms with van der Waals surface area (Å²) in [6, 6.07) is 12.5. The number of thioether (sulfide) groups is 1. The summed E-state index contributed by atoms with van der Waals surface area (Å²) in [5.74, 6) is 2.08. The molecule has 3 heteroatoms. The van der Waals surface area contributed by atoms with Crippen LogP contribution in [0.15, 0.2) is 36.4 Å². The van der Waals surface area contributed by atoms with Gasteiger partial charge in [-0.2, -0.15) is 11.8 Å². The van der Waals surface area contributed by atoms with Crippen molar-refractivity contribution in [3.63, 3.8) is 0 Å². The van der Waals surface area contributed by atoms with Crippen molar-refractivity contribution in [1.82, 2.24) is 0 Å². The lowest BCUT2D eigenvalue weighted by Crippen LogP contribution is -2.09. The van der Waals surface area contributed by atoms with Crippen molar-refractivity contribution >= 4 is 22.5 Å². The predicted octanol–water partition coefficient (Wildman–Crippen LogP) is 3.99. The van der Waals surface area contributed by atoms with Gasteiger partial charge in [-0.1, -0.05) is 36.4 Å². The van der Waals surface area contributed by atoms with Gasteiger partial charge in [0.15, 0.2) is 0 Å². The molecule has 0 unspecified atom stereocenters. The van der Waals surface area contributed by atoms with Crippen LogP contribution < -0.4 is 10.5 Å². The van der Waals surface area contributed by atoms with Gasteiger partial charge in [0.05, 0.1) is 6.61 Å². The summed E-state index contributed by atoms with van der Waals surface area (Å²) >= 11 is 1.85. The van der Waals surface area contributed by atoms with Gasteiger partial charge >= 0.3 is 0 Å². The monoisotopic (exact) mass is 275 g/mol. The Bertz CT molecular complexity index is 539. The number of hydrogen-bond acceptors (Lipinski definition) is 3. The Morgan fingerprint density at radius 2 is 2.00 bits per heavy atom. The average molecular weight is 275 g/mol. The van der Waals surface area contributed by atoms with Crippen molar-refractivity contribution in [2.75, 3.05) is 18.6 Å². The Balaban J connectivity index is 2.33. The molecule has 0 saturated carbocycles. The normalized spacial score (nSPS) is 12.6. The van der Waals surface area contributed by atoms with Crippen LogP contribution in [0.1, 0.15) is 24.9 Å². The Kier molecular flexibility index (Phi) is 5.11. The van der Waals surface area contributed by atoms with E-state index in [1.807, 2.05) is 30.8 Å². The molecule has 0 aromatic heterocycles. The molecule has 0 aliphatic carbocycles. The van der Waals surface area contributed by atoms with Crippen LogP contribution in [0.5, 0.6) is 5.75 Å². The second kappa shape index (κ2) is 6.83. The first-order valence-corrected chi connectivity index (χ1v) is 8.02. The molecule has 102 valence electrons. The van der Waals surface area contributed by atoms with E-state index in [0.29, 0.717) is 0 Å². The molecule has 0 spiro atoms. The van der Waals surface area contributed by atoms with E-state index in [9.17, 15) is 0 Å². The van der Waals surface area contributed by atoms with Crippen LogP contribution in [-0.4, -0.2) is 18.6 Å².